The van der Waals surface area contributed by atoms with Gasteiger partial charge in [-0.25, -0.2) is 0 Å². The Bertz CT molecular complexity index is 1240. The summed E-state index contributed by atoms with van der Waals surface area (Å²) in [6.07, 6.45) is 0.470. The van der Waals surface area contributed by atoms with Crippen LogP contribution in [-0.4, -0.2) is 73.2 Å². The molecular formula is C26H29N3O5. The maximum Gasteiger partial charge on any atom is 0.246 e. The molecule has 2 aliphatic rings. The second kappa shape index (κ2) is 9.02. The van der Waals surface area contributed by atoms with Crippen molar-refractivity contribution >= 4 is 22.7 Å². The van der Waals surface area contributed by atoms with E-state index >= 15 is 0 Å². The molecule has 2 amide bonds. The third-order valence-corrected chi connectivity index (χ3v) is 6.71. The average molecular weight is 464 g/mol. The molecule has 178 valence electrons. The number of hydrogen-bond acceptors (Lipinski definition) is 5. The van der Waals surface area contributed by atoms with Gasteiger partial charge < -0.3 is 29.0 Å². The first-order valence-corrected chi connectivity index (χ1v) is 11.6. The monoisotopic (exact) mass is 463 g/mol. The van der Waals surface area contributed by atoms with Gasteiger partial charge >= 0.3 is 0 Å². The lowest BCUT2D eigenvalue weighted by atomic mass is 9.86. The van der Waals surface area contributed by atoms with Gasteiger partial charge in [-0.05, 0) is 36.2 Å². The zero-order chi connectivity index (χ0) is 23.8. The SMILES string of the molecule is CCOc1ccc([C@H]2c3[nH]c4ccccc4c3C[C@H]3C(=O)N(CCOC)CC(=O)N23)cc1OC. The summed E-state index contributed by atoms with van der Waals surface area (Å²) in [5.74, 6) is 1.11. The van der Waals surface area contributed by atoms with Gasteiger partial charge in [0.05, 0.1) is 32.9 Å². The van der Waals surface area contributed by atoms with Gasteiger partial charge in [-0.1, -0.05) is 24.3 Å². The van der Waals surface area contributed by atoms with Crippen molar-refractivity contribution in [2.24, 2.45) is 0 Å². The third-order valence-electron chi connectivity index (χ3n) is 6.71. The molecule has 3 aromatic rings. The Labute approximate surface area is 198 Å². The molecule has 1 N–H and O–H groups in total. The molecule has 1 fully saturated rings. The number of amides is 2. The van der Waals surface area contributed by atoms with Crippen LogP contribution in [0.5, 0.6) is 11.5 Å². The second-order valence-electron chi connectivity index (χ2n) is 8.58. The van der Waals surface area contributed by atoms with E-state index < -0.39 is 12.1 Å². The molecule has 0 unspecified atom stereocenters. The number of H-pyrrole nitrogens is 1. The van der Waals surface area contributed by atoms with E-state index in [2.05, 4.69) is 11.1 Å². The van der Waals surface area contributed by atoms with Crippen LogP contribution in [0.25, 0.3) is 10.9 Å². The molecule has 0 aliphatic carbocycles. The number of aromatic amines is 1. The zero-order valence-electron chi connectivity index (χ0n) is 19.7. The molecule has 3 heterocycles. The molecule has 1 aromatic heterocycles. The van der Waals surface area contributed by atoms with Crippen LogP contribution in [0.15, 0.2) is 42.5 Å². The maximum absolute atomic E-state index is 13.5. The largest absolute Gasteiger partial charge is 0.493 e. The number of benzene rings is 2. The highest BCUT2D eigenvalue weighted by Crippen LogP contribution is 2.44. The number of fused-ring (bicyclic) bond motifs is 4. The molecule has 0 spiro atoms. The Morgan fingerprint density at radius 1 is 1.09 bits per heavy atom. The number of rotatable bonds is 7. The number of aromatic nitrogens is 1. The summed E-state index contributed by atoms with van der Waals surface area (Å²) in [6, 6.07) is 12.8. The third kappa shape index (κ3) is 3.58. The molecule has 8 nitrogen and oxygen atoms in total. The lowest BCUT2D eigenvalue weighted by Crippen LogP contribution is -2.63. The number of piperazine rings is 1. The smallest absolute Gasteiger partial charge is 0.246 e. The number of carbonyl (C=O) groups is 2. The van der Waals surface area contributed by atoms with Crippen molar-refractivity contribution in [3.63, 3.8) is 0 Å². The first kappa shape index (κ1) is 22.3. The lowest BCUT2D eigenvalue weighted by molar-refractivity contribution is -0.159. The normalized spacial score (nSPS) is 19.9. The van der Waals surface area contributed by atoms with Crippen molar-refractivity contribution in [2.45, 2.75) is 25.4 Å². The Kier molecular flexibility index (Phi) is 5.91. The van der Waals surface area contributed by atoms with Crippen LogP contribution in [0.4, 0.5) is 0 Å². The van der Waals surface area contributed by atoms with Crippen molar-refractivity contribution in [1.29, 1.82) is 0 Å². The molecule has 34 heavy (non-hydrogen) atoms. The van der Waals surface area contributed by atoms with Crippen molar-refractivity contribution < 1.29 is 23.8 Å². The summed E-state index contributed by atoms with van der Waals surface area (Å²) < 4.78 is 16.5. The second-order valence-corrected chi connectivity index (χ2v) is 8.58. The van der Waals surface area contributed by atoms with Crippen molar-refractivity contribution in [3.8, 4) is 11.5 Å². The molecule has 2 aromatic carbocycles. The quantitative estimate of drug-likeness (QED) is 0.583. The molecule has 2 aliphatic heterocycles. The van der Waals surface area contributed by atoms with E-state index in [4.69, 9.17) is 14.2 Å². The topological polar surface area (TPSA) is 84.1 Å². The Hall–Kier alpha value is -3.52. The van der Waals surface area contributed by atoms with Gasteiger partial charge in [0.2, 0.25) is 11.8 Å². The van der Waals surface area contributed by atoms with Crippen LogP contribution in [-0.2, 0) is 20.7 Å². The number of para-hydroxylation sites is 1. The van der Waals surface area contributed by atoms with Crippen LogP contribution in [0.2, 0.25) is 0 Å². The van der Waals surface area contributed by atoms with Gasteiger partial charge in [0.25, 0.3) is 0 Å². The number of hydrogen-bond donors (Lipinski definition) is 1. The summed E-state index contributed by atoms with van der Waals surface area (Å²) in [5, 5.41) is 1.08. The number of ether oxygens (including phenoxy) is 3. The molecule has 0 saturated carbocycles. The van der Waals surface area contributed by atoms with Crippen LogP contribution in [0.3, 0.4) is 0 Å². The molecule has 1 saturated heterocycles. The minimum absolute atomic E-state index is 0.0406. The average Bonchev–Trinajstić information content (AvgIpc) is 3.23. The molecular weight excluding hydrogens is 434 g/mol. The summed E-state index contributed by atoms with van der Waals surface area (Å²) in [7, 11) is 3.19. The standard InChI is InChI=1S/C26H29N3O5/c1-4-34-21-10-9-16(13-22(21)33-3)25-24-18(17-7-5-6-8-19(17)27-24)14-20-26(31)28(11-12-32-2)15-23(30)29(20)25/h5-10,13,20,25,27H,4,11-12,14-15H2,1-3H3/t20-,25-/m0/s1. The van der Waals surface area contributed by atoms with E-state index in [1.54, 1.807) is 24.0 Å². The number of nitrogens with one attached hydrogen (secondary N) is 1. The van der Waals surface area contributed by atoms with Crippen molar-refractivity contribution in [3.05, 3.63) is 59.3 Å². The summed E-state index contributed by atoms with van der Waals surface area (Å²) in [5.41, 5.74) is 3.87. The highest BCUT2D eigenvalue weighted by Gasteiger charge is 2.48. The van der Waals surface area contributed by atoms with E-state index in [9.17, 15) is 9.59 Å². The summed E-state index contributed by atoms with van der Waals surface area (Å²) >= 11 is 0. The highest BCUT2D eigenvalue weighted by atomic mass is 16.5. The maximum atomic E-state index is 13.5. The van der Waals surface area contributed by atoms with Crippen LogP contribution in [0, 0.1) is 0 Å². The van der Waals surface area contributed by atoms with E-state index in [1.807, 2.05) is 43.3 Å². The highest BCUT2D eigenvalue weighted by molar-refractivity contribution is 5.97. The predicted octanol–water partition coefficient (Wildman–Crippen LogP) is 2.91. The van der Waals surface area contributed by atoms with Gasteiger partial charge in [0, 0.05) is 36.7 Å². The fourth-order valence-corrected chi connectivity index (χ4v) is 5.19. The van der Waals surface area contributed by atoms with E-state index in [-0.39, 0.29) is 18.4 Å². The molecule has 8 heteroatoms. The van der Waals surface area contributed by atoms with E-state index in [1.165, 1.54) is 0 Å². The first-order valence-electron chi connectivity index (χ1n) is 11.6. The van der Waals surface area contributed by atoms with Gasteiger partial charge in [-0.3, -0.25) is 9.59 Å². The molecule has 5 rings (SSSR count). The Morgan fingerprint density at radius 2 is 1.91 bits per heavy atom. The fourth-order valence-electron chi connectivity index (χ4n) is 5.19. The molecule has 0 bridgehead atoms. The Balaban J connectivity index is 1.65. The minimum atomic E-state index is -0.577. The Morgan fingerprint density at radius 3 is 2.68 bits per heavy atom. The van der Waals surface area contributed by atoms with Gasteiger partial charge in [0.1, 0.15) is 6.04 Å². The summed E-state index contributed by atoms with van der Waals surface area (Å²) in [6.45, 7) is 3.27. The molecule has 2 atom stereocenters. The fraction of sp³-hybridized carbons (Fsp3) is 0.385. The van der Waals surface area contributed by atoms with Gasteiger partial charge in [-0.2, -0.15) is 0 Å². The summed E-state index contributed by atoms with van der Waals surface area (Å²) in [4.78, 5) is 33.9. The number of nitrogens with zero attached hydrogens (tertiary/aromatic N) is 2. The van der Waals surface area contributed by atoms with E-state index in [0.29, 0.717) is 37.7 Å². The van der Waals surface area contributed by atoms with Gasteiger partial charge in [-0.15, -0.1) is 0 Å². The minimum Gasteiger partial charge on any atom is -0.493 e. The number of methoxy groups -OCH3 is 2. The molecule has 0 radical (unpaired) electrons. The predicted molar refractivity (Wildman–Crippen MR) is 127 cm³/mol. The van der Waals surface area contributed by atoms with Crippen LogP contribution in [0.1, 0.15) is 29.8 Å². The van der Waals surface area contributed by atoms with Gasteiger partial charge in [0.15, 0.2) is 11.5 Å². The van der Waals surface area contributed by atoms with E-state index in [0.717, 1.165) is 27.7 Å². The van der Waals surface area contributed by atoms with Crippen molar-refractivity contribution in [2.75, 3.05) is 40.5 Å². The van der Waals surface area contributed by atoms with Crippen LogP contribution >= 0.6 is 0 Å². The number of carbonyl (C=O) groups excluding carboxylic acids is 2. The lowest BCUT2D eigenvalue weighted by Gasteiger charge is -2.47. The zero-order valence-corrected chi connectivity index (χ0v) is 19.7. The van der Waals surface area contributed by atoms with Crippen LogP contribution < -0.4 is 9.47 Å². The first-order chi connectivity index (χ1) is 16.6. The van der Waals surface area contributed by atoms with Crippen molar-refractivity contribution in [1.82, 2.24) is 14.8 Å².